The molecule has 0 aliphatic rings. The second kappa shape index (κ2) is 4.46. The van der Waals surface area contributed by atoms with E-state index in [-0.39, 0.29) is 0 Å². The maximum atomic E-state index is 6.00. The average Bonchev–Trinajstić information content (AvgIpc) is 2.03. The van der Waals surface area contributed by atoms with E-state index in [1.54, 1.807) is 0 Å². The van der Waals surface area contributed by atoms with Crippen LogP contribution in [0, 0.1) is 6.92 Å². The summed E-state index contributed by atoms with van der Waals surface area (Å²) in [5, 5.41) is 0.809. The molecule has 1 rings (SSSR count). The molecule has 0 radical (unpaired) electrons. The van der Waals surface area contributed by atoms with E-state index >= 15 is 0 Å². The van der Waals surface area contributed by atoms with Gasteiger partial charge in [0.1, 0.15) is 0 Å². The lowest BCUT2D eigenvalue weighted by Crippen LogP contribution is -1.91. The van der Waals surface area contributed by atoms with Crippen LogP contribution in [0.3, 0.4) is 0 Å². The molecule has 0 fully saturated rings. The Morgan fingerprint density at radius 3 is 2.83 bits per heavy atom. The van der Waals surface area contributed by atoms with Gasteiger partial charge in [-0.05, 0) is 31.4 Å². The lowest BCUT2D eigenvalue weighted by molar-refractivity contribution is 0.776. The molecule has 0 aliphatic carbocycles. The van der Waals surface area contributed by atoms with Crippen molar-refractivity contribution in [3.8, 4) is 0 Å². The van der Waals surface area contributed by atoms with E-state index in [4.69, 9.17) is 11.6 Å². The molecule has 0 spiro atoms. The predicted octanol–water partition coefficient (Wildman–Crippen LogP) is 3.39. The van der Waals surface area contributed by atoms with Crippen LogP contribution in [0.1, 0.15) is 31.0 Å². The zero-order chi connectivity index (χ0) is 8.97. The van der Waals surface area contributed by atoms with Crippen molar-refractivity contribution in [1.29, 1.82) is 0 Å². The minimum atomic E-state index is 0.809. The highest BCUT2D eigenvalue weighted by Crippen LogP contribution is 2.16. The SMILES string of the molecule is CCCCc1ncc(C)cc1Cl. The Labute approximate surface area is 78.8 Å². The Kier molecular flexibility index (Phi) is 3.54. The largest absolute Gasteiger partial charge is 0.259 e. The molecule has 1 heterocycles. The molecule has 0 bridgehead atoms. The monoisotopic (exact) mass is 183 g/mol. The molecule has 0 N–H and O–H groups in total. The molecule has 2 heteroatoms. The molecular weight excluding hydrogens is 170 g/mol. The first-order valence-electron chi connectivity index (χ1n) is 4.35. The van der Waals surface area contributed by atoms with Gasteiger partial charge in [0, 0.05) is 6.20 Å². The first-order valence-corrected chi connectivity index (χ1v) is 4.73. The van der Waals surface area contributed by atoms with Crippen molar-refractivity contribution >= 4 is 11.6 Å². The fourth-order valence-corrected chi connectivity index (χ4v) is 1.41. The van der Waals surface area contributed by atoms with Gasteiger partial charge in [-0.25, -0.2) is 0 Å². The van der Waals surface area contributed by atoms with Crippen LogP contribution >= 0.6 is 11.6 Å². The van der Waals surface area contributed by atoms with Gasteiger partial charge in [-0.15, -0.1) is 0 Å². The van der Waals surface area contributed by atoms with Gasteiger partial charge in [0.15, 0.2) is 0 Å². The second-order valence-corrected chi connectivity index (χ2v) is 3.45. The summed E-state index contributed by atoms with van der Waals surface area (Å²) in [5.41, 5.74) is 2.16. The highest BCUT2D eigenvalue weighted by atomic mass is 35.5. The number of unbranched alkanes of at least 4 members (excludes halogenated alkanes) is 1. The maximum Gasteiger partial charge on any atom is 0.0624 e. The second-order valence-electron chi connectivity index (χ2n) is 3.04. The minimum absolute atomic E-state index is 0.809. The number of pyridine rings is 1. The molecule has 0 saturated carbocycles. The molecule has 0 atom stereocenters. The number of hydrogen-bond acceptors (Lipinski definition) is 1. The molecule has 66 valence electrons. The van der Waals surface area contributed by atoms with Crippen molar-refractivity contribution in [2.24, 2.45) is 0 Å². The summed E-state index contributed by atoms with van der Waals surface area (Å²) in [4.78, 5) is 4.28. The normalized spacial score (nSPS) is 10.2. The molecule has 1 aromatic rings. The van der Waals surface area contributed by atoms with Crippen LogP contribution in [-0.2, 0) is 6.42 Å². The van der Waals surface area contributed by atoms with Crippen molar-refractivity contribution in [3.63, 3.8) is 0 Å². The van der Waals surface area contributed by atoms with Crippen LogP contribution in [0.2, 0.25) is 5.02 Å². The first-order chi connectivity index (χ1) is 5.74. The molecule has 0 amide bonds. The van der Waals surface area contributed by atoms with E-state index in [2.05, 4.69) is 11.9 Å². The van der Waals surface area contributed by atoms with Gasteiger partial charge in [0.25, 0.3) is 0 Å². The molecule has 0 unspecified atom stereocenters. The Hall–Kier alpha value is -0.560. The van der Waals surface area contributed by atoms with Crippen LogP contribution in [0.15, 0.2) is 12.3 Å². The number of aryl methyl sites for hydroxylation is 2. The van der Waals surface area contributed by atoms with Gasteiger partial charge < -0.3 is 0 Å². The molecule has 12 heavy (non-hydrogen) atoms. The Bertz CT molecular complexity index is 258. The highest BCUT2D eigenvalue weighted by molar-refractivity contribution is 6.31. The smallest absolute Gasteiger partial charge is 0.0624 e. The molecule has 0 aliphatic heterocycles. The molecular formula is C10H14ClN. The van der Waals surface area contributed by atoms with Crippen LogP contribution in [0.25, 0.3) is 0 Å². The summed E-state index contributed by atoms with van der Waals surface area (Å²) in [6.07, 6.45) is 5.22. The third kappa shape index (κ3) is 2.49. The van der Waals surface area contributed by atoms with E-state index in [1.807, 2.05) is 19.2 Å². The van der Waals surface area contributed by atoms with Crippen LogP contribution in [0.4, 0.5) is 0 Å². The molecule has 1 aromatic heterocycles. The Morgan fingerprint density at radius 1 is 1.50 bits per heavy atom. The zero-order valence-corrected chi connectivity index (χ0v) is 8.36. The van der Waals surface area contributed by atoms with Crippen molar-refractivity contribution in [3.05, 3.63) is 28.5 Å². The third-order valence-electron chi connectivity index (χ3n) is 1.82. The van der Waals surface area contributed by atoms with Crippen LogP contribution in [0.5, 0.6) is 0 Å². The average molecular weight is 184 g/mol. The van der Waals surface area contributed by atoms with Gasteiger partial charge >= 0.3 is 0 Å². The van der Waals surface area contributed by atoms with Gasteiger partial charge in [-0.3, -0.25) is 4.98 Å². The van der Waals surface area contributed by atoms with E-state index in [1.165, 1.54) is 6.42 Å². The van der Waals surface area contributed by atoms with Crippen molar-refractivity contribution in [1.82, 2.24) is 4.98 Å². The summed E-state index contributed by atoms with van der Waals surface area (Å²) in [6, 6.07) is 1.97. The Balaban J connectivity index is 2.72. The lowest BCUT2D eigenvalue weighted by Gasteiger charge is -2.02. The van der Waals surface area contributed by atoms with Gasteiger partial charge in [-0.2, -0.15) is 0 Å². The Morgan fingerprint density at radius 2 is 2.25 bits per heavy atom. The van der Waals surface area contributed by atoms with Crippen molar-refractivity contribution in [2.45, 2.75) is 33.1 Å². The van der Waals surface area contributed by atoms with E-state index < -0.39 is 0 Å². The molecule has 0 aromatic carbocycles. The first kappa shape index (κ1) is 9.53. The fourth-order valence-electron chi connectivity index (χ4n) is 1.09. The quantitative estimate of drug-likeness (QED) is 0.700. The summed E-state index contributed by atoms with van der Waals surface area (Å²) < 4.78 is 0. The summed E-state index contributed by atoms with van der Waals surface area (Å²) in [6.45, 7) is 4.17. The van der Waals surface area contributed by atoms with Gasteiger partial charge in [-0.1, -0.05) is 24.9 Å². The summed E-state index contributed by atoms with van der Waals surface area (Å²) in [5.74, 6) is 0. The maximum absolute atomic E-state index is 6.00. The van der Waals surface area contributed by atoms with E-state index in [0.29, 0.717) is 0 Å². The van der Waals surface area contributed by atoms with Gasteiger partial charge in [0.2, 0.25) is 0 Å². The third-order valence-corrected chi connectivity index (χ3v) is 2.15. The molecule has 0 saturated heterocycles. The minimum Gasteiger partial charge on any atom is -0.259 e. The van der Waals surface area contributed by atoms with E-state index in [9.17, 15) is 0 Å². The highest BCUT2D eigenvalue weighted by Gasteiger charge is 2.00. The van der Waals surface area contributed by atoms with Crippen LogP contribution in [-0.4, -0.2) is 4.98 Å². The number of aromatic nitrogens is 1. The number of hydrogen-bond donors (Lipinski definition) is 0. The van der Waals surface area contributed by atoms with E-state index in [0.717, 1.165) is 29.1 Å². The van der Waals surface area contributed by atoms with Gasteiger partial charge in [0.05, 0.1) is 10.7 Å². The number of rotatable bonds is 3. The predicted molar refractivity (Wildman–Crippen MR) is 52.6 cm³/mol. The van der Waals surface area contributed by atoms with Crippen molar-refractivity contribution in [2.75, 3.05) is 0 Å². The fraction of sp³-hybridized carbons (Fsp3) is 0.500. The number of nitrogens with zero attached hydrogens (tertiary/aromatic N) is 1. The summed E-state index contributed by atoms with van der Waals surface area (Å²) in [7, 11) is 0. The van der Waals surface area contributed by atoms with Crippen molar-refractivity contribution < 1.29 is 0 Å². The number of halogens is 1. The van der Waals surface area contributed by atoms with Crippen LogP contribution < -0.4 is 0 Å². The standard InChI is InChI=1S/C10H14ClN/c1-3-4-5-10-9(11)6-8(2)7-12-10/h6-7H,3-5H2,1-2H3. The molecule has 1 nitrogen and oxygen atoms in total. The zero-order valence-electron chi connectivity index (χ0n) is 7.60. The summed E-state index contributed by atoms with van der Waals surface area (Å²) >= 11 is 6.00. The lowest BCUT2D eigenvalue weighted by atomic mass is 10.2. The topological polar surface area (TPSA) is 12.9 Å².